The normalized spacial score (nSPS) is 23.6. The van der Waals surface area contributed by atoms with Gasteiger partial charge < -0.3 is 0 Å². The topological polar surface area (TPSA) is 29.3 Å². The fraction of sp³-hybridized carbons (Fsp3) is 0.455. The molecule has 1 aromatic rings. The first-order chi connectivity index (χ1) is 6.36. The van der Waals surface area contributed by atoms with Crippen LogP contribution in [0.15, 0.2) is 30.3 Å². The molecule has 1 aliphatic heterocycles. The number of benzene rings is 1. The SMILES string of the molecule is NN1CCC[C@@H]1Cc1ccccc1. The van der Waals surface area contributed by atoms with Gasteiger partial charge in [0.1, 0.15) is 0 Å². The van der Waals surface area contributed by atoms with Crippen LogP contribution in [0.1, 0.15) is 18.4 Å². The predicted molar refractivity (Wildman–Crippen MR) is 54.1 cm³/mol. The number of hydrogen-bond acceptors (Lipinski definition) is 2. The van der Waals surface area contributed by atoms with Gasteiger partial charge in [0.05, 0.1) is 0 Å². The molecule has 1 aliphatic rings. The van der Waals surface area contributed by atoms with E-state index in [4.69, 9.17) is 5.84 Å². The van der Waals surface area contributed by atoms with E-state index >= 15 is 0 Å². The van der Waals surface area contributed by atoms with E-state index in [0.717, 1.165) is 13.0 Å². The molecule has 0 unspecified atom stereocenters. The molecular formula is C11H16N2. The summed E-state index contributed by atoms with van der Waals surface area (Å²) in [5.41, 5.74) is 1.39. The maximum atomic E-state index is 5.86. The van der Waals surface area contributed by atoms with Gasteiger partial charge in [0.25, 0.3) is 0 Å². The summed E-state index contributed by atoms with van der Waals surface area (Å²) in [6.45, 7) is 1.05. The minimum absolute atomic E-state index is 0.558. The molecule has 1 aromatic carbocycles. The van der Waals surface area contributed by atoms with Crippen LogP contribution in [-0.4, -0.2) is 17.6 Å². The Kier molecular flexibility index (Phi) is 2.62. The van der Waals surface area contributed by atoms with Crippen LogP contribution in [0.25, 0.3) is 0 Å². The molecule has 0 aromatic heterocycles. The summed E-state index contributed by atoms with van der Waals surface area (Å²) < 4.78 is 0. The number of hydrogen-bond donors (Lipinski definition) is 1. The largest absolute Gasteiger partial charge is 0.269 e. The lowest BCUT2D eigenvalue weighted by Crippen LogP contribution is -2.37. The van der Waals surface area contributed by atoms with E-state index in [1.165, 1.54) is 18.4 Å². The third-order valence-corrected chi connectivity index (χ3v) is 2.74. The smallest absolute Gasteiger partial charge is 0.0282 e. The summed E-state index contributed by atoms with van der Waals surface area (Å²) in [5, 5.41) is 1.98. The molecule has 70 valence electrons. The lowest BCUT2D eigenvalue weighted by Gasteiger charge is -2.18. The molecule has 0 saturated carbocycles. The maximum absolute atomic E-state index is 5.86. The summed E-state index contributed by atoms with van der Waals surface area (Å²) in [6, 6.07) is 11.1. The lowest BCUT2D eigenvalue weighted by molar-refractivity contribution is 0.260. The van der Waals surface area contributed by atoms with Crippen molar-refractivity contribution < 1.29 is 0 Å². The molecule has 0 aliphatic carbocycles. The van der Waals surface area contributed by atoms with E-state index in [9.17, 15) is 0 Å². The monoisotopic (exact) mass is 176 g/mol. The van der Waals surface area contributed by atoms with Gasteiger partial charge in [0.2, 0.25) is 0 Å². The zero-order valence-corrected chi connectivity index (χ0v) is 7.82. The molecule has 1 heterocycles. The molecule has 0 radical (unpaired) electrons. The standard InChI is InChI=1S/C11H16N2/c12-13-8-4-7-11(13)9-10-5-2-1-3-6-10/h1-3,5-6,11H,4,7-9,12H2/t11-/m1/s1. The fourth-order valence-electron chi connectivity index (χ4n) is 1.96. The van der Waals surface area contributed by atoms with Gasteiger partial charge in [-0.1, -0.05) is 30.3 Å². The highest BCUT2D eigenvalue weighted by Crippen LogP contribution is 2.17. The Labute approximate surface area is 79.3 Å². The second kappa shape index (κ2) is 3.90. The van der Waals surface area contributed by atoms with Gasteiger partial charge in [-0.2, -0.15) is 0 Å². The van der Waals surface area contributed by atoms with Crippen molar-refractivity contribution in [1.82, 2.24) is 5.01 Å². The molecule has 1 fully saturated rings. The average molecular weight is 176 g/mol. The third-order valence-electron chi connectivity index (χ3n) is 2.74. The van der Waals surface area contributed by atoms with Gasteiger partial charge in [-0.05, 0) is 24.8 Å². The van der Waals surface area contributed by atoms with Crippen molar-refractivity contribution in [3.63, 3.8) is 0 Å². The van der Waals surface area contributed by atoms with E-state index in [1.54, 1.807) is 0 Å². The van der Waals surface area contributed by atoms with Crippen molar-refractivity contribution in [2.45, 2.75) is 25.3 Å². The molecule has 0 spiro atoms. The van der Waals surface area contributed by atoms with Gasteiger partial charge in [0.15, 0.2) is 0 Å². The lowest BCUT2D eigenvalue weighted by atomic mass is 10.0. The van der Waals surface area contributed by atoms with Crippen molar-refractivity contribution >= 4 is 0 Å². The Hall–Kier alpha value is -0.860. The molecule has 0 bridgehead atoms. The number of nitrogens with two attached hydrogens (primary N) is 1. The number of rotatable bonds is 2. The summed E-state index contributed by atoms with van der Waals surface area (Å²) in [7, 11) is 0. The summed E-state index contributed by atoms with van der Waals surface area (Å²) >= 11 is 0. The van der Waals surface area contributed by atoms with Crippen LogP contribution in [0.2, 0.25) is 0 Å². The summed E-state index contributed by atoms with van der Waals surface area (Å²) in [4.78, 5) is 0. The molecule has 2 N–H and O–H groups in total. The molecule has 2 rings (SSSR count). The first-order valence-corrected chi connectivity index (χ1v) is 4.91. The van der Waals surface area contributed by atoms with E-state index < -0.39 is 0 Å². The van der Waals surface area contributed by atoms with Gasteiger partial charge in [0, 0.05) is 12.6 Å². The van der Waals surface area contributed by atoms with Crippen LogP contribution in [0.4, 0.5) is 0 Å². The van der Waals surface area contributed by atoms with Crippen LogP contribution >= 0.6 is 0 Å². The summed E-state index contributed by atoms with van der Waals surface area (Å²) in [6.07, 6.45) is 3.58. The summed E-state index contributed by atoms with van der Waals surface area (Å²) in [5.74, 6) is 5.86. The fourth-order valence-corrected chi connectivity index (χ4v) is 1.96. The number of nitrogens with zero attached hydrogens (tertiary/aromatic N) is 1. The quantitative estimate of drug-likeness (QED) is 0.693. The molecule has 13 heavy (non-hydrogen) atoms. The van der Waals surface area contributed by atoms with Crippen LogP contribution in [0.5, 0.6) is 0 Å². The Morgan fingerprint density at radius 1 is 1.31 bits per heavy atom. The Morgan fingerprint density at radius 3 is 2.69 bits per heavy atom. The van der Waals surface area contributed by atoms with Crippen molar-refractivity contribution in [2.75, 3.05) is 6.54 Å². The van der Waals surface area contributed by atoms with Gasteiger partial charge in [-0.15, -0.1) is 0 Å². The van der Waals surface area contributed by atoms with Crippen LogP contribution < -0.4 is 5.84 Å². The third kappa shape index (κ3) is 2.08. The van der Waals surface area contributed by atoms with E-state index in [0.29, 0.717) is 6.04 Å². The highest BCUT2D eigenvalue weighted by Gasteiger charge is 2.21. The maximum Gasteiger partial charge on any atom is 0.0282 e. The van der Waals surface area contributed by atoms with Crippen molar-refractivity contribution in [1.29, 1.82) is 0 Å². The molecule has 0 amide bonds. The Bertz CT molecular complexity index is 258. The molecule has 2 heteroatoms. The minimum Gasteiger partial charge on any atom is -0.269 e. The first-order valence-electron chi connectivity index (χ1n) is 4.91. The molecule has 1 saturated heterocycles. The van der Waals surface area contributed by atoms with Gasteiger partial charge in [-0.25, -0.2) is 5.01 Å². The molecular weight excluding hydrogens is 160 g/mol. The van der Waals surface area contributed by atoms with Gasteiger partial charge >= 0.3 is 0 Å². The molecule has 1 atom stereocenters. The van der Waals surface area contributed by atoms with Crippen LogP contribution in [0, 0.1) is 0 Å². The van der Waals surface area contributed by atoms with Crippen LogP contribution in [-0.2, 0) is 6.42 Å². The second-order valence-corrected chi connectivity index (χ2v) is 3.72. The Balaban J connectivity index is 1.98. The first kappa shape index (κ1) is 8.73. The highest BCUT2D eigenvalue weighted by atomic mass is 15.4. The second-order valence-electron chi connectivity index (χ2n) is 3.72. The minimum atomic E-state index is 0.558. The van der Waals surface area contributed by atoms with Crippen molar-refractivity contribution in [2.24, 2.45) is 5.84 Å². The average Bonchev–Trinajstić information content (AvgIpc) is 2.54. The van der Waals surface area contributed by atoms with E-state index in [1.807, 2.05) is 5.01 Å². The zero-order valence-electron chi connectivity index (χ0n) is 7.82. The van der Waals surface area contributed by atoms with Crippen molar-refractivity contribution in [3.8, 4) is 0 Å². The van der Waals surface area contributed by atoms with Crippen LogP contribution in [0.3, 0.4) is 0 Å². The van der Waals surface area contributed by atoms with Crippen molar-refractivity contribution in [3.05, 3.63) is 35.9 Å². The van der Waals surface area contributed by atoms with E-state index in [2.05, 4.69) is 30.3 Å². The Morgan fingerprint density at radius 2 is 2.08 bits per heavy atom. The molecule has 2 nitrogen and oxygen atoms in total. The predicted octanol–water partition coefficient (Wildman–Crippen LogP) is 1.57. The van der Waals surface area contributed by atoms with E-state index in [-0.39, 0.29) is 0 Å². The highest BCUT2D eigenvalue weighted by molar-refractivity contribution is 5.16. The number of hydrazine groups is 1. The van der Waals surface area contributed by atoms with Gasteiger partial charge in [-0.3, -0.25) is 5.84 Å². The zero-order chi connectivity index (χ0) is 9.10.